The van der Waals surface area contributed by atoms with E-state index in [0.717, 1.165) is 0 Å². The summed E-state index contributed by atoms with van der Waals surface area (Å²) in [6.07, 6.45) is 0. The molecule has 0 aliphatic heterocycles. The second kappa shape index (κ2) is 10.8. The van der Waals surface area contributed by atoms with Gasteiger partial charge in [-0.1, -0.05) is 23.2 Å². The van der Waals surface area contributed by atoms with Crippen molar-refractivity contribution in [3.8, 4) is 23.0 Å². The van der Waals surface area contributed by atoms with Crippen molar-refractivity contribution >= 4 is 46.3 Å². The van der Waals surface area contributed by atoms with Gasteiger partial charge >= 0.3 is 0 Å². The van der Waals surface area contributed by atoms with Gasteiger partial charge in [0.25, 0.3) is 5.91 Å². The summed E-state index contributed by atoms with van der Waals surface area (Å²) in [7, 11) is 5.72. The smallest absolute Gasteiger partial charge is 0.258 e. The van der Waals surface area contributed by atoms with Gasteiger partial charge in [0.05, 0.1) is 33.5 Å². The van der Waals surface area contributed by atoms with Crippen LogP contribution in [0.25, 0.3) is 0 Å². The number of Topliss-reactive ketones (excluding diaryl/α,β-unsaturated/α-hetero) is 1. The molecule has 9 nitrogen and oxygen atoms in total. The molecule has 1 unspecified atom stereocenters. The molecule has 31 heavy (non-hydrogen) atoms. The van der Waals surface area contributed by atoms with Crippen LogP contribution in [0, 0.1) is 0 Å². The highest BCUT2D eigenvalue weighted by Crippen LogP contribution is 2.42. The first kappa shape index (κ1) is 24.2. The standard InChI is InChI=1S/C20H21Cl2N3O6/c1-10(26)16(25-24-12-7-9-13(28-2)18(30-4)15(12)22)20(27)23-17-11(21)6-8-14(29-3)19(17)31-5/h6-9,16H,1-5H3,(H,23,27). The van der Waals surface area contributed by atoms with Gasteiger partial charge in [-0.05, 0) is 31.2 Å². The highest BCUT2D eigenvalue weighted by molar-refractivity contribution is 6.35. The number of anilines is 1. The molecule has 0 fully saturated rings. The van der Waals surface area contributed by atoms with Crippen molar-refractivity contribution in [1.29, 1.82) is 0 Å². The zero-order chi connectivity index (χ0) is 23.1. The minimum absolute atomic E-state index is 0.116. The number of ether oxygens (including phenoxy) is 4. The minimum Gasteiger partial charge on any atom is -0.493 e. The topological polar surface area (TPSA) is 108 Å². The normalized spacial score (nSPS) is 11.7. The van der Waals surface area contributed by atoms with Gasteiger partial charge in [-0.2, -0.15) is 10.2 Å². The Kier molecular flexibility index (Phi) is 8.47. The largest absolute Gasteiger partial charge is 0.493 e. The second-order valence-electron chi connectivity index (χ2n) is 6.01. The van der Waals surface area contributed by atoms with Crippen LogP contribution in [0.15, 0.2) is 34.5 Å². The fourth-order valence-electron chi connectivity index (χ4n) is 2.61. The Labute approximate surface area is 189 Å². The number of nitrogens with zero attached hydrogens (tertiary/aromatic N) is 2. The van der Waals surface area contributed by atoms with Crippen molar-refractivity contribution in [3.05, 3.63) is 34.3 Å². The summed E-state index contributed by atoms with van der Waals surface area (Å²) in [4.78, 5) is 24.9. The number of carbonyl (C=O) groups is 2. The van der Waals surface area contributed by atoms with E-state index in [1.54, 1.807) is 12.1 Å². The first-order valence-corrected chi connectivity index (χ1v) is 9.57. The molecule has 0 aliphatic rings. The van der Waals surface area contributed by atoms with Crippen LogP contribution < -0.4 is 24.3 Å². The number of amides is 1. The van der Waals surface area contributed by atoms with Crippen molar-refractivity contribution in [2.75, 3.05) is 33.8 Å². The van der Waals surface area contributed by atoms with Crippen molar-refractivity contribution in [3.63, 3.8) is 0 Å². The molecule has 0 aliphatic carbocycles. The third kappa shape index (κ3) is 5.36. The van der Waals surface area contributed by atoms with Gasteiger partial charge in [-0.15, -0.1) is 0 Å². The van der Waals surface area contributed by atoms with Gasteiger partial charge in [0, 0.05) is 0 Å². The van der Waals surface area contributed by atoms with Gasteiger partial charge in [-0.25, -0.2) is 0 Å². The van der Waals surface area contributed by atoms with Gasteiger partial charge < -0.3 is 24.3 Å². The van der Waals surface area contributed by atoms with Crippen molar-refractivity contribution < 1.29 is 28.5 Å². The zero-order valence-corrected chi connectivity index (χ0v) is 19.0. The first-order valence-electron chi connectivity index (χ1n) is 8.82. The Bertz CT molecular complexity index is 1010. The molecule has 0 saturated carbocycles. The highest BCUT2D eigenvalue weighted by Gasteiger charge is 2.26. The van der Waals surface area contributed by atoms with Crippen LogP contribution in [0.5, 0.6) is 23.0 Å². The molecule has 0 spiro atoms. The van der Waals surface area contributed by atoms with E-state index in [9.17, 15) is 9.59 Å². The van der Waals surface area contributed by atoms with E-state index in [1.165, 1.54) is 47.5 Å². The van der Waals surface area contributed by atoms with Crippen LogP contribution in [-0.2, 0) is 9.59 Å². The first-order chi connectivity index (χ1) is 14.8. The molecule has 0 heterocycles. The van der Waals surface area contributed by atoms with Crippen LogP contribution >= 0.6 is 23.2 Å². The lowest BCUT2D eigenvalue weighted by molar-refractivity contribution is -0.126. The van der Waals surface area contributed by atoms with E-state index in [4.69, 9.17) is 42.1 Å². The maximum Gasteiger partial charge on any atom is 0.258 e. The number of methoxy groups -OCH3 is 4. The molecule has 1 atom stereocenters. The Morgan fingerprint density at radius 3 is 2.03 bits per heavy atom. The molecule has 2 aromatic rings. The average Bonchev–Trinajstić information content (AvgIpc) is 2.75. The van der Waals surface area contributed by atoms with E-state index in [1.807, 2.05) is 0 Å². The summed E-state index contributed by atoms with van der Waals surface area (Å²) in [6.45, 7) is 1.21. The molecule has 0 saturated heterocycles. The van der Waals surface area contributed by atoms with Gasteiger partial charge in [0.1, 0.15) is 16.4 Å². The Morgan fingerprint density at radius 2 is 1.48 bits per heavy atom. The minimum atomic E-state index is -1.46. The lowest BCUT2D eigenvalue weighted by Gasteiger charge is -2.16. The van der Waals surface area contributed by atoms with Gasteiger partial charge in [-0.3, -0.25) is 9.59 Å². The van der Waals surface area contributed by atoms with E-state index in [-0.39, 0.29) is 32.9 Å². The number of hydrogen-bond acceptors (Lipinski definition) is 8. The van der Waals surface area contributed by atoms with Crippen molar-refractivity contribution in [2.45, 2.75) is 13.0 Å². The summed E-state index contributed by atoms with van der Waals surface area (Å²) in [5.41, 5.74) is 0.328. The SMILES string of the molecule is COc1ccc(N=NC(C(C)=O)C(=O)Nc2c(Cl)ccc(OC)c2OC)c(Cl)c1OC. The van der Waals surface area contributed by atoms with Crippen LogP contribution in [0.2, 0.25) is 10.0 Å². The van der Waals surface area contributed by atoms with Crippen LogP contribution in [0.1, 0.15) is 6.92 Å². The molecule has 2 aromatic carbocycles. The van der Waals surface area contributed by atoms with E-state index in [0.29, 0.717) is 11.5 Å². The van der Waals surface area contributed by atoms with Gasteiger partial charge in [0.15, 0.2) is 28.8 Å². The molecule has 11 heteroatoms. The van der Waals surface area contributed by atoms with Crippen molar-refractivity contribution in [1.82, 2.24) is 0 Å². The summed E-state index contributed by atoms with van der Waals surface area (Å²) in [5, 5.41) is 10.7. The van der Waals surface area contributed by atoms with Crippen LogP contribution in [0.4, 0.5) is 11.4 Å². The fraction of sp³-hybridized carbons (Fsp3) is 0.300. The quantitative estimate of drug-likeness (QED) is 0.420. The number of nitrogens with one attached hydrogen (secondary N) is 1. The predicted octanol–water partition coefficient (Wildman–Crippen LogP) is 4.71. The third-order valence-corrected chi connectivity index (χ3v) is 4.80. The maximum absolute atomic E-state index is 12.8. The molecular weight excluding hydrogens is 449 g/mol. The molecule has 0 bridgehead atoms. The van der Waals surface area contributed by atoms with E-state index in [2.05, 4.69) is 15.5 Å². The molecule has 1 N–H and O–H groups in total. The molecular formula is C20H21Cl2N3O6. The van der Waals surface area contributed by atoms with Crippen molar-refractivity contribution in [2.24, 2.45) is 10.2 Å². The van der Waals surface area contributed by atoms with Crippen LogP contribution in [-0.4, -0.2) is 46.2 Å². The second-order valence-corrected chi connectivity index (χ2v) is 6.80. The summed E-state index contributed by atoms with van der Waals surface area (Å²) >= 11 is 12.5. The molecule has 0 radical (unpaired) electrons. The number of hydrogen-bond donors (Lipinski definition) is 1. The lowest BCUT2D eigenvalue weighted by Crippen LogP contribution is -2.32. The summed E-state index contributed by atoms with van der Waals surface area (Å²) in [5.74, 6) is -0.118. The number of carbonyl (C=O) groups excluding carboxylic acids is 2. The van der Waals surface area contributed by atoms with Crippen LogP contribution in [0.3, 0.4) is 0 Å². The molecule has 2 rings (SSSR count). The number of rotatable bonds is 9. The monoisotopic (exact) mass is 469 g/mol. The molecule has 0 aromatic heterocycles. The highest BCUT2D eigenvalue weighted by atomic mass is 35.5. The Hall–Kier alpha value is -3.04. The summed E-state index contributed by atoms with van der Waals surface area (Å²) in [6, 6.07) is 4.73. The molecule has 166 valence electrons. The lowest BCUT2D eigenvalue weighted by atomic mass is 10.2. The van der Waals surface area contributed by atoms with Gasteiger partial charge in [0.2, 0.25) is 6.04 Å². The number of azo groups is 1. The summed E-state index contributed by atoms with van der Waals surface area (Å²) < 4.78 is 20.8. The maximum atomic E-state index is 12.8. The van der Waals surface area contributed by atoms with E-state index >= 15 is 0 Å². The Morgan fingerprint density at radius 1 is 0.903 bits per heavy atom. The molecule has 1 amide bonds. The fourth-order valence-corrected chi connectivity index (χ4v) is 3.07. The number of ketones is 1. The predicted molar refractivity (Wildman–Crippen MR) is 117 cm³/mol. The number of halogens is 2. The Balaban J connectivity index is 2.36. The van der Waals surface area contributed by atoms with E-state index < -0.39 is 17.7 Å². The zero-order valence-electron chi connectivity index (χ0n) is 17.5. The third-order valence-electron chi connectivity index (χ3n) is 4.12. The number of benzene rings is 2. The average molecular weight is 470 g/mol.